The van der Waals surface area contributed by atoms with E-state index in [1.165, 1.54) is 0 Å². The number of hydrogen-bond acceptors (Lipinski definition) is 4. The van der Waals surface area contributed by atoms with Crippen LogP contribution >= 0.6 is 0 Å². The molecular weight excluding hydrogens is 326 g/mol. The van der Waals surface area contributed by atoms with Crippen molar-refractivity contribution >= 4 is 11.0 Å². The monoisotopic (exact) mass is 351 g/mol. The predicted molar refractivity (Wildman–Crippen MR) is 105 cm³/mol. The van der Waals surface area contributed by atoms with Crippen molar-refractivity contribution < 1.29 is 9.15 Å². The van der Waals surface area contributed by atoms with Crippen LogP contribution in [0.3, 0.4) is 0 Å². The van der Waals surface area contributed by atoms with Gasteiger partial charge in [-0.1, -0.05) is 37.3 Å². The Morgan fingerprint density at radius 1 is 1.12 bits per heavy atom. The van der Waals surface area contributed by atoms with E-state index in [0.29, 0.717) is 18.7 Å². The molecule has 0 saturated carbocycles. The van der Waals surface area contributed by atoms with Crippen molar-refractivity contribution in [1.29, 1.82) is 0 Å². The molecule has 1 heterocycles. The molecule has 0 aliphatic carbocycles. The van der Waals surface area contributed by atoms with Gasteiger partial charge in [0.05, 0.1) is 0 Å². The Labute approximate surface area is 154 Å². The summed E-state index contributed by atoms with van der Waals surface area (Å²) in [7, 11) is 2.03. The largest absolute Gasteiger partial charge is 0.492 e. The van der Waals surface area contributed by atoms with E-state index < -0.39 is 0 Å². The standard InChI is InChI=1S/C22H25NO3/c1-4-17-9-10-19-18(14-22(24)26-21(19)13-17)15-23(3)11-12-25-20-8-6-5-7-16(20)2/h5-10,13-14H,4,11-12,15H2,1-3H3. The molecule has 0 fully saturated rings. The highest BCUT2D eigenvalue weighted by Crippen LogP contribution is 2.20. The van der Waals surface area contributed by atoms with Gasteiger partial charge in [0.1, 0.15) is 17.9 Å². The summed E-state index contributed by atoms with van der Waals surface area (Å²) in [6, 6.07) is 15.7. The molecule has 3 rings (SSSR count). The molecule has 1 aromatic heterocycles. The Bertz CT molecular complexity index is 946. The Kier molecular flexibility index (Phi) is 5.74. The number of para-hydroxylation sites is 1. The summed E-state index contributed by atoms with van der Waals surface area (Å²) in [5.74, 6) is 0.916. The van der Waals surface area contributed by atoms with Gasteiger partial charge in [0.15, 0.2) is 0 Å². The van der Waals surface area contributed by atoms with E-state index in [0.717, 1.165) is 40.8 Å². The lowest BCUT2D eigenvalue weighted by atomic mass is 10.1. The van der Waals surface area contributed by atoms with Crippen LogP contribution in [0.5, 0.6) is 5.75 Å². The normalized spacial score (nSPS) is 11.2. The second-order valence-corrected chi connectivity index (χ2v) is 6.63. The highest BCUT2D eigenvalue weighted by molar-refractivity contribution is 5.80. The molecule has 26 heavy (non-hydrogen) atoms. The second-order valence-electron chi connectivity index (χ2n) is 6.63. The summed E-state index contributed by atoms with van der Waals surface area (Å²) < 4.78 is 11.2. The maximum absolute atomic E-state index is 11.9. The van der Waals surface area contributed by atoms with Gasteiger partial charge in [-0.25, -0.2) is 4.79 Å². The van der Waals surface area contributed by atoms with Crippen molar-refractivity contribution in [3.63, 3.8) is 0 Å². The van der Waals surface area contributed by atoms with Crippen LogP contribution in [0.1, 0.15) is 23.6 Å². The SMILES string of the molecule is CCc1ccc2c(CN(C)CCOc3ccccc3C)cc(=O)oc2c1. The van der Waals surface area contributed by atoms with E-state index in [2.05, 4.69) is 17.9 Å². The number of fused-ring (bicyclic) bond motifs is 1. The molecule has 0 aliphatic rings. The Hall–Kier alpha value is -2.59. The third-order valence-electron chi connectivity index (χ3n) is 4.57. The zero-order valence-electron chi connectivity index (χ0n) is 15.6. The molecule has 0 bridgehead atoms. The van der Waals surface area contributed by atoms with E-state index in [-0.39, 0.29) is 5.63 Å². The van der Waals surface area contributed by atoms with Crippen molar-refractivity contribution in [3.05, 3.63) is 75.6 Å². The van der Waals surface area contributed by atoms with E-state index >= 15 is 0 Å². The van der Waals surface area contributed by atoms with Crippen LogP contribution in [0, 0.1) is 6.92 Å². The minimum absolute atomic E-state index is 0.301. The molecule has 3 aromatic rings. The highest BCUT2D eigenvalue weighted by Gasteiger charge is 2.09. The fourth-order valence-electron chi connectivity index (χ4n) is 3.02. The number of aryl methyl sites for hydroxylation is 2. The first-order valence-electron chi connectivity index (χ1n) is 8.99. The van der Waals surface area contributed by atoms with Crippen molar-refractivity contribution in [2.24, 2.45) is 0 Å². The first-order chi connectivity index (χ1) is 12.6. The molecule has 0 saturated heterocycles. The van der Waals surface area contributed by atoms with Gasteiger partial charge in [-0.3, -0.25) is 4.90 Å². The average molecular weight is 351 g/mol. The van der Waals surface area contributed by atoms with Gasteiger partial charge in [-0.05, 0) is 49.2 Å². The van der Waals surface area contributed by atoms with Crippen LogP contribution in [0.25, 0.3) is 11.0 Å². The number of likely N-dealkylation sites (N-methyl/N-ethyl adjacent to an activating group) is 1. The number of benzene rings is 2. The zero-order chi connectivity index (χ0) is 18.5. The van der Waals surface area contributed by atoms with Crippen LogP contribution in [0.15, 0.2) is 57.7 Å². The Morgan fingerprint density at radius 2 is 1.92 bits per heavy atom. The lowest BCUT2D eigenvalue weighted by Crippen LogP contribution is -2.24. The first kappa shape index (κ1) is 18.2. The maximum Gasteiger partial charge on any atom is 0.336 e. The predicted octanol–water partition coefficient (Wildman–Crippen LogP) is 4.17. The molecule has 4 nitrogen and oxygen atoms in total. The van der Waals surface area contributed by atoms with Gasteiger partial charge in [-0.2, -0.15) is 0 Å². The first-order valence-corrected chi connectivity index (χ1v) is 8.99. The molecule has 0 radical (unpaired) electrons. The molecule has 0 aliphatic heterocycles. The quantitative estimate of drug-likeness (QED) is 0.599. The third kappa shape index (κ3) is 4.33. The average Bonchev–Trinajstić information content (AvgIpc) is 2.62. The summed E-state index contributed by atoms with van der Waals surface area (Å²) in [6.45, 7) is 6.17. The molecule has 2 aromatic carbocycles. The molecule has 0 amide bonds. The van der Waals surface area contributed by atoms with Gasteiger partial charge < -0.3 is 9.15 Å². The summed E-state index contributed by atoms with van der Waals surface area (Å²) in [5.41, 5.74) is 3.64. The van der Waals surface area contributed by atoms with E-state index in [4.69, 9.17) is 9.15 Å². The minimum Gasteiger partial charge on any atom is -0.492 e. The number of nitrogens with zero attached hydrogens (tertiary/aromatic N) is 1. The van der Waals surface area contributed by atoms with E-state index in [1.807, 2.05) is 50.4 Å². The van der Waals surface area contributed by atoms with Gasteiger partial charge >= 0.3 is 5.63 Å². The Balaban J connectivity index is 1.68. The number of ether oxygens (including phenoxy) is 1. The molecular formula is C22H25NO3. The van der Waals surface area contributed by atoms with Crippen LogP contribution in [-0.2, 0) is 13.0 Å². The van der Waals surface area contributed by atoms with Gasteiger partial charge in [0.25, 0.3) is 0 Å². The van der Waals surface area contributed by atoms with Crippen molar-refractivity contribution in [3.8, 4) is 5.75 Å². The molecule has 136 valence electrons. The van der Waals surface area contributed by atoms with Crippen LogP contribution in [0.4, 0.5) is 0 Å². The molecule has 0 spiro atoms. The van der Waals surface area contributed by atoms with Crippen molar-refractivity contribution in [2.45, 2.75) is 26.8 Å². The fourth-order valence-corrected chi connectivity index (χ4v) is 3.02. The Morgan fingerprint density at radius 3 is 2.69 bits per heavy atom. The van der Waals surface area contributed by atoms with Crippen LogP contribution < -0.4 is 10.4 Å². The molecule has 0 N–H and O–H groups in total. The minimum atomic E-state index is -0.301. The zero-order valence-corrected chi connectivity index (χ0v) is 15.6. The van der Waals surface area contributed by atoms with Gasteiger partial charge in [-0.15, -0.1) is 0 Å². The van der Waals surface area contributed by atoms with Gasteiger partial charge in [0.2, 0.25) is 0 Å². The summed E-state index contributed by atoms with van der Waals surface area (Å²) in [4.78, 5) is 14.1. The number of rotatable bonds is 7. The molecule has 0 unspecified atom stereocenters. The van der Waals surface area contributed by atoms with Gasteiger partial charge in [0, 0.05) is 24.5 Å². The lowest BCUT2D eigenvalue weighted by Gasteiger charge is -2.18. The third-order valence-corrected chi connectivity index (χ3v) is 4.57. The topological polar surface area (TPSA) is 42.7 Å². The molecule has 0 atom stereocenters. The molecule has 4 heteroatoms. The second kappa shape index (κ2) is 8.19. The maximum atomic E-state index is 11.9. The van der Waals surface area contributed by atoms with Crippen molar-refractivity contribution in [1.82, 2.24) is 4.90 Å². The van der Waals surface area contributed by atoms with E-state index in [9.17, 15) is 4.79 Å². The van der Waals surface area contributed by atoms with Crippen molar-refractivity contribution in [2.75, 3.05) is 20.2 Å². The summed E-state index contributed by atoms with van der Waals surface area (Å²) in [6.07, 6.45) is 0.917. The van der Waals surface area contributed by atoms with E-state index in [1.54, 1.807) is 6.07 Å². The van der Waals surface area contributed by atoms with Crippen LogP contribution in [0.2, 0.25) is 0 Å². The smallest absolute Gasteiger partial charge is 0.336 e. The van der Waals surface area contributed by atoms with Crippen LogP contribution in [-0.4, -0.2) is 25.1 Å². The number of hydrogen-bond donors (Lipinski definition) is 0. The fraction of sp³-hybridized carbons (Fsp3) is 0.318. The summed E-state index contributed by atoms with van der Waals surface area (Å²) in [5, 5.41) is 0.994. The highest BCUT2D eigenvalue weighted by atomic mass is 16.5. The summed E-state index contributed by atoms with van der Waals surface area (Å²) >= 11 is 0. The lowest BCUT2D eigenvalue weighted by molar-refractivity contribution is 0.232.